The first kappa shape index (κ1) is 17.3. The summed E-state index contributed by atoms with van der Waals surface area (Å²) >= 11 is 11.2. The van der Waals surface area contributed by atoms with Crippen LogP contribution in [0.3, 0.4) is 0 Å². The van der Waals surface area contributed by atoms with Gasteiger partial charge >= 0.3 is 0 Å². The number of thioether (sulfide) groups is 1. The van der Waals surface area contributed by atoms with Crippen LogP contribution in [0.2, 0.25) is 5.02 Å². The van der Waals surface area contributed by atoms with Gasteiger partial charge in [-0.05, 0) is 48.6 Å². The molecule has 0 spiro atoms. The number of anilines is 1. The average molecular weight is 425 g/mol. The Morgan fingerprint density at radius 2 is 2.12 bits per heavy atom. The molecule has 3 rings (SSSR count). The van der Waals surface area contributed by atoms with Crippen molar-refractivity contribution < 1.29 is 0 Å². The summed E-state index contributed by atoms with van der Waals surface area (Å²) in [5.74, 6) is 0.924. The molecule has 0 fully saturated rings. The maximum Gasteiger partial charge on any atom is 0.280 e. The lowest BCUT2D eigenvalue weighted by Gasteiger charge is -2.14. The smallest absolute Gasteiger partial charge is 0.280 e. The van der Waals surface area contributed by atoms with Crippen molar-refractivity contribution in [2.75, 3.05) is 11.2 Å². The van der Waals surface area contributed by atoms with Crippen LogP contribution in [-0.4, -0.2) is 15.4 Å². The molecule has 0 radical (unpaired) electrons. The Labute approximate surface area is 157 Å². The lowest BCUT2D eigenvalue weighted by Crippen LogP contribution is -2.26. The van der Waals surface area contributed by atoms with Gasteiger partial charge in [-0.2, -0.15) is 0 Å². The summed E-state index contributed by atoms with van der Waals surface area (Å²) < 4.78 is 2.27. The number of hydrogen-bond acceptors (Lipinski definition) is 4. The fraction of sp³-hybridized carbons (Fsp3) is 0.176. The minimum Gasteiger partial charge on any atom is -0.289 e. The molecular formula is C17H15BrClN3OS. The van der Waals surface area contributed by atoms with Crippen molar-refractivity contribution in [1.82, 2.24) is 9.66 Å². The molecule has 0 saturated carbocycles. The summed E-state index contributed by atoms with van der Waals surface area (Å²) in [7, 11) is 0. The fourth-order valence-corrected chi connectivity index (χ4v) is 3.58. The first-order valence-corrected chi connectivity index (χ1v) is 9.52. The highest BCUT2D eigenvalue weighted by molar-refractivity contribution is 9.10. The van der Waals surface area contributed by atoms with E-state index in [9.17, 15) is 4.79 Å². The molecule has 1 heterocycles. The summed E-state index contributed by atoms with van der Waals surface area (Å²) in [6, 6.07) is 9.28. The Balaban J connectivity index is 2.08. The zero-order chi connectivity index (χ0) is 17.3. The second-order valence-electron chi connectivity index (χ2n) is 5.22. The molecular weight excluding hydrogens is 410 g/mol. The molecule has 2 aromatic carbocycles. The number of nitrogens with one attached hydrogen (secondary N) is 1. The van der Waals surface area contributed by atoms with Gasteiger partial charge in [-0.15, -0.1) is 11.8 Å². The lowest BCUT2D eigenvalue weighted by molar-refractivity contribution is 0.874. The van der Waals surface area contributed by atoms with Crippen molar-refractivity contribution in [3.05, 3.63) is 62.1 Å². The number of fused-ring (bicyclic) bond motifs is 1. The van der Waals surface area contributed by atoms with Crippen LogP contribution in [0.15, 0.2) is 50.8 Å². The summed E-state index contributed by atoms with van der Waals surface area (Å²) in [5.41, 5.74) is 5.45. The molecule has 0 aliphatic carbocycles. The van der Waals surface area contributed by atoms with Gasteiger partial charge in [-0.25, -0.2) is 9.66 Å². The van der Waals surface area contributed by atoms with E-state index in [1.807, 2.05) is 25.1 Å². The highest BCUT2D eigenvalue weighted by Gasteiger charge is 2.09. The van der Waals surface area contributed by atoms with E-state index in [0.29, 0.717) is 15.9 Å². The SMILES string of the molecule is CCSc1ccc(Cl)cc1Nn1cnc2cc(C)c(Br)cc2c1=O. The molecule has 3 aromatic rings. The van der Waals surface area contributed by atoms with Crippen molar-refractivity contribution >= 4 is 55.9 Å². The highest BCUT2D eigenvalue weighted by Crippen LogP contribution is 2.30. The van der Waals surface area contributed by atoms with Gasteiger partial charge in [0.05, 0.1) is 16.6 Å². The van der Waals surface area contributed by atoms with Crippen molar-refractivity contribution in [3.8, 4) is 0 Å². The van der Waals surface area contributed by atoms with Crippen LogP contribution in [0.25, 0.3) is 10.9 Å². The average Bonchev–Trinajstić information content (AvgIpc) is 2.55. The van der Waals surface area contributed by atoms with Gasteiger partial charge < -0.3 is 0 Å². The predicted molar refractivity (Wildman–Crippen MR) is 105 cm³/mol. The van der Waals surface area contributed by atoms with Crippen LogP contribution in [-0.2, 0) is 0 Å². The molecule has 1 N–H and O–H groups in total. The molecule has 0 atom stereocenters. The molecule has 1 aromatic heterocycles. The number of aryl methyl sites for hydroxylation is 1. The highest BCUT2D eigenvalue weighted by atomic mass is 79.9. The quantitative estimate of drug-likeness (QED) is 0.591. The zero-order valence-corrected chi connectivity index (χ0v) is 16.3. The third-order valence-corrected chi connectivity index (χ3v) is 5.57. The largest absolute Gasteiger partial charge is 0.289 e. The Morgan fingerprint density at radius 1 is 1.33 bits per heavy atom. The number of aromatic nitrogens is 2. The van der Waals surface area contributed by atoms with Gasteiger partial charge in [0, 0.05) is 14.4 Å². The standard InChI is InChI=1S/C17H15BrClN3OS/c1-3-24-16-5-4-11(19)7-15(16)21-22-9-20-14-6-10(2)13(18)8-12(14)17(22)23/h4-9,21H,3H2,1-2H3. The molecule has 7 heteroatoms. The molecule has 4 nitrogen and oxygen atoms in total. The molecule has 24 heavy (non-hydrogen) atoms. The molecule has 0 unspecified atom stereocenters. The van der Waals surface area contributed by atoms with Gasteiger partial charge in [0.25, 0.3) is 5.56 Å². The van der Waals surface area contributed by atoms with Crippen molar-refractivity contribution in [1.29, 1.82) is 0 Å². The molecule has 0 aliphatic heterocycles. The minimum absolute atomic E-state index is 0.159. The number of hydrogen-bond donors (Lipinski definition) is 1. The van der Waals surface area contributed by atoms with Crippen LogP contribution < -0.4 is 11.0 Å². The number of nitrogens with zero attached hydrogens (tertiary/aromatic N) is 2. The molecule has 0 amide bonds. The van der Waals surface area contributed by atoms with Gasteiger partial charge in [-0.3, -0.25) is 10.2 Å². The van der Waals surface area contributed by atoms with E-state index < -0.39 is 0 Å². The van der Waals surface area contributed by atoms with E-state index in [0.717, 1.165) is 26.4 Å². The van der Waals surface area contributed by atoms with E-state index in [1.165, 1.54) is 11.0 Å². The van der Waals surface area contributed by atoms with Crippen LogP contribution in [0.4, 0.5) is 5.69 Å². The Morgan fingerprint density at radius 3 is 2.88 bits per heavy atom. The molecule has 0 bridgehead atoms. The van der Waals surface area contributed by atoms with Gasteiger partial charge in [-0.1, -0.05) is 34.5 Å². The number of benzene rings is 2. The van der Waals surface area contributed by atoms with Crippen LogP contribution >= 0.6 is 39.3 Å². The van der Waals surface area contributed by atoms with Crippen LogP contribution in [0.1, 0.15) is 12.5 Å². The topological polar surface area (TPSA) is 46.9 Å². The predicted octanol–water partition coefficient (Wildman–Crippen LogP) is 5.11. The fourth-order valence-electron chi connectivity index (χ4n) is 2.33. The lowest BCUT2D eigenvalue weighted by atomic mass is 10.2. The summed E-state index contributed by atoms with van der Waals surface area (Å²) in [6.45, 7) is 4.04. The summed E-state index contributed by atoms with van der Waals surface area (Å²) in [4.78, 5) is 18.2. The summed E-state index contributed by atoms with van der Waals surface area (Å²) in [5, 5.41) is 1.16. The molecule has 0 aliphatic rings. The maximum atomic E-state index is 12.8. The van der Waals surface area contributed by atoms with E-state index in [-0.39, 0.29) is 5.56 Å². The number of halogens is 2. The Bertz CT molecular complexity index is 974. The van der Waals surface area contributed by atoms with Crippen LogP contribution in [0.5, 0.6) is 0 Å². The van der Waals surface area contributed by atoms with E-state index >= 15 is 0 Å². The van der Waals surface area contributed by atoms with Crippen molar-refractivity contribution in [2.24, 2.45) is 0 Å². The minimum atomic E-state index is -0.159. The zero-order valence-electron chi connectivity index (χ0n) is 13.1. The van der Waals surface area contributed by atoms with Gasteiger partial charge in [0.1, 0.15) is 6.33 Å². The van der Waals surface area contributed by atoms with E-state index in [4.69, 9.17) is 11.6 Å². The third-order valence-electron chi connectivity index (χ3n) is 3.52. The maximum absolute atomic E-state index is 12.8. The van der Waals surface area contributed by atoms with Crippen molar-refractivity contribution in [2.45, 2.75) is 18.7 Å². The second-order valence-corrected chi connectivity index (χ2v) is 7.82. The molecule has 124 valence electrons. The molecule has 0 saturated heterocycles. The third kappa shape index (κ3) is 3.45. The summed E-state index contributed by atoms with van der Waals surface area (Å²) in [6.07, 6.45) is 1.50. The van der Waals surface area contributed by atoms with Gasteiger partial charge in [0.2, 0.25) is 0 Å². The normalized spacial score (nSPS) is 11.0. The van der Waals surface area contributed by atoms with Crippen LogP contribution in [0, 0.1) is 6.92 Å². The van der Waals surface area contributed by atoms with Crippen molar-refractivity contribution in [3.63, 3.8) is 0 Å². The Kier molecular flexibility index (Phi) is 5.18. The second kappa shape index (κ2) is 7.17. The number of rotatable bonds is 4. The van der Waals surface area contributed by atoms with E-state index in [1.54, 1.807) is 23.9 Å². The first-order valence-electron chi connectivity index (χ1n) is 7.36. The van der Waals surface area contributed by atoms with E-state index in [2.05, 4.69) is 33.3 Å². The van der Waals surface area contributed by atoms with Gasteiger partial charge in [0.15, 0.2) is 0 Å². The Hall–Kier alpha value is -1.50. The first-order chi connectivity index (χ1) is 11.5. The monoisotopic (exact) mass is 423 g/mol.